The zero-order valence-electron chi connectivity index (χ0n) is 16.7. The smallest absolute Gasteiger partial charge is 0.241 e. The fourth-order valence-electron chi connectivity index (χ4n) is 4.48. The molecule has 3 fully saturated rings. The maximum absolute atomic E-state index is 12.7. The average Bonchev–Trinajstić information content (AvgIpc) is 3.09. The zero-order chi connectivity index (χ0) is 19.4. The summed E-state index contributed by atoms with van der Waals surface area (Å²) in [5.41, 5.74) is -0.475. The minimum atomic E-state index is -0.475. The van der Waals surface area contributed by atoms with Crippen LogP contribution in [-0.4, -0.2) is 84.9 Å². The van der Waals surface area contributed by atoms with Crippen LogP contribution in [0.5, 0.6) is 0 Å². The largest absolute Gasteiger partial charge is 0.372 e. The van der Waals surface area contributed by atoms with Crippen molar-refractivity contribution in [1.82, 2.24) is 14.7 Å². The normalized spacial score (nSPS) is 23.6. The van der Waals surface area contributed by atoms with Crippen LogP contribution in [0.4, 0.5) is 0 Å². The van der Waals surface area contributed by atoms with Gasteiger partial charge in [-0.1, -0.05) is 12.8 Å². The molecule has 7 nitrogen and oxygen atoms in total. The van der Waals surface area contributed by atoms with E-state index in [9.17, 15) is 14.4 Å². The fraction of sp³-hybridized carbons (Fsp3) is 0.850. The third kappa shape index (κ3) is 5.00. The SMILES string of the molecule is CN(C)C(=O)CN1CCOC2(CCN(C(=O)CC3CCCC3)CC2)CC1=O. The Morgan fingerprint density at radius 2 is 1.81 bits per heavy atom. The van der Waals surface area contributed by atoms with Gasteiger partial charge in [-0.25, -0.2) is 0 Å². The number of likely N-dealkylation sites (N-methyl/N-ethyl adjacent to an activating group) is 1. The Morgan fingerprint density at radius 3 is 2.44 bits per heavy atom. The van der Waals surface area contributed by atoms with Gasteiger partial charge in [-0.15, -0.1) is 0 Å². The van der Waals surface area contributed by atoms with Crippen LogP contribution in [-0.2, 0) is 19.1 Å². The molecule has 3 aliphatic rings. The highest BCUT2D eigenvalue weighted by Crippen LogP contribution is 2.34. The molecule has 0 radical (unpaired) electrons. The van der Waals surface area contributed by atoms with Crippen molar-refractivity contribution in [2.24, 2.45) is 5.92 Å². The summed E-state index contributed by atoms with van der Waals surface area (Å²) in [5, 5.41) is 0. The Balaban J connectivity index is 1.52. The van der Waals surface area contributed by atoms with Crippen molar-refractivity contribution in [3.63, 3.8) is 0 Å². The summed E-state index contributed by atoms with van der Waals surface area (Å²) in [6.07, 6.45) is 7.25. The third-order valence-corrected chi connectivity index (χ3v) is 6.39. The van der Waals surface area contributed by atoms with Crippen molar-refractivity contribution in [3.05, 3.63) is 0 Å². The highest BCUT2D eigenvalue weighted by Gasteiger charge is 2.42. The second-order valence-electron chi connectivity index (χ2n) is 8.55. The Kier molecular flexibility index (Phi) is 6.40. The van der Waals surface area contributed by atoms with Gasteiger partial charge in [0.15, 0.2) is 0 Å². The van der Waals surface area contributed by atoms with Crippen LogP contribution in [0.2, 0.25) is 0 Å². The van der Waals surface area contributed by atoms with Gasteiger partial charge in [-0.05, 0) is 31.6 Å². The minimum Gasteiger partial charge on any atom is -0.372 e. The predicted octanol–water partition coefficient (Wildman–Crippen LogP) is 1.26. The second kappa shape index (κ2) is 8.59. The van der Waals surface area contributed by atoms with Gasteiger partial charge in [0.2, 0.25) is 17.7 Å². The van der Waals surface area contributed by atoms with Crippen molar-refractivity contribution in [2.75, 3.05) is 46.9 Å². The molecule has 0 unspecified atom stereocenters. The van der Waals surface area contributed by atoms with Gasteiger partial charge in [-0.2, -0.15) is 0 Å². The molecule has 152 valence electrons. The van der Waals surface area contributed by atoms with Crippen LogP contribution in [0.25, 0.3) is 0 Å². The first kappa shape index (κ1) is 20.1. The summed E-state index contributed by atoms with van der Waals surface area (Å²) in [6, 6.07) is 0. The van der Waals surface area contributed by atoms with E-state index in [-0.39, 0.29) is 24.3 Å². The highest BCUT2D eigenvalue weighted by molar-refractivity contribution is 5.85. The van der Waals surface area contributed by atoms with Gasteiger partial charge in [0.05, 0.1) is 25.2 Å². The molecule has 0 atom stereocenters. The molecule has 1 aliphatic carbocycles. The summed E-state index contributed by atoms with van der Waals surface area (Å²) < 4.78 is 6.11. The van der Waals surface area contributed by atoms with Gasteiger partial charge in [0, 0.05) is 40.2 Å². The van der Waals surface area contributed by atoms with Crippen molar-refractivity contribution in [2.45, 2.75) is 57.0 Å². The molecule has 0 aromatic rings. The molecule has 7 heteroatoms. The Hall–Kier alpha value is -1.63. The monoisotopic (exact) mass is 379 g/mol. The van der Waals surface area contributed by atoms with Crippen LogP contribution in [0.3, 0.4) is 0 Å². The molecule has 0 aromatic heterocycles. The zero-order valence-corrected chi connectivity index (χ0v) is 16.7. The molecular formula is C20H33N3O4. The summed E-state index contributed by atoms with van der Waals surface area (Å²) in [4.78, 5) is 42.3. The lowest BCUT2D eigenvalue weighted by molar-refractivity contribution is -0.143. The first-order valence-corrected chi connectivity index (χ1v) is 10.3. The molecule has 2 saturated heterocycles. The molecule has 1 saturated carbocycles. The molecule has 0 aromatic carbocycles. The number of nitrogens with zero attached hydrogens (tertiary/aromatic N) is 3. The van der Waals surface area contributed by atoms with E-state index in [1.54, 1.807) is 19.0 Å². The number of amides is 3. The van der Waals surface area contributed by atoms with Crippen molar-refractivity contribution in [1.29, 1.82) is 0 Å². The van der Waals surface area contributed by atoms with Gasteiger partial charge in [0.25, 0.3) is 0 Å². The summed E-state index contributed by atoms with van der Waals surface area (Å²) >= 11 is 0. The van der Waals surface area contributed by atoms with Crippen LogP contribution in [0.1, 0.15) is 51.4 Å². The van der Waals surface area contributed by atoms with E-state index in [2.05, 4.69) is 0 Å². The molecule has 0 bridgehead atoms. The predicted molar refractivity (Wildman–Crippen MR) is 101 cm³/mol. The quantitative estimate of drug-likeness (QED) is 0.737. The van der Waals surface area contributed by atoms with E-state index in [4.69, 9.17) is 4.74 Å². The number of piperidine rings is 1. The Morgan fingerprint density at radius 1 is 1.15 bits per heavy atom. The number of carbonyl (C=O) groups is 3. The molecule has 2 aliphatic heterocycles. The molecule has 1 spiro atoms. The molecule has 3 amide bonds. The number of hydrogen-bond donors (Lipinski definition) is 0. The maximum Gasteiger partial charge on any atom is 0.241 e. The highest BCUT2D eigenvalue weighted by atomic mass is 16.5. The topological polar surface area (TPSA) is 70.2 Å². The number of rotatable bonds is 4. The van der Waals surface area contributed by atoms with Crippen LogP contribution in [0, 0.1) is 5.92 Å². The molecule has 27 heavy (non-hydrogen) atoms. The van der Waals surface area contributed by atoms with Gasteiger partial charge in [0.1, 0.15) is 0 Å². The third-order valence-electron chi connectivity index (χ3n) is 6.39. The van der Waals surface area contributed by atoms with E-state index in [1.807, 2.05) is 4.90 Å². The Bertz CT molecular complexity index is 564. The molecule has 3 rings (SSSR count). The second-order valence-corrected chi connectivity index (χ2v) is 8.55. The summed E-state index contributed by atoms with van der Waals surface area (Å²) in [6.45, 7) is 2.33. The summed E-state index contributed by atoms with van der Waals surface area (Å²) in [5.74, 6) is 0.724. The molecule has 2 heterocycles. The lowest BCUT2D eigenvalue weighted by Crippen LogP contribution is -2.49. The van der Waals surface area contributed by atoms with E-state index in [1.165, 1.54) is 30.6 Å². The minimum absolute atomic E-state index is 0.0200. The average molecular weight is 380 g/mol. The number of ether oxygens (including phenoxy) is 1. The number of likely N-dealkylation sites (tertiary alicyclic amines) is 1. The van der Waals surface area contributed by atoms with Crippen LogP contribution < -0.4 is 0 Å². The first-order valence-electron chi connectivity index (χ1n) is 10.3. The van der Waals surface area contributed by atoms with Crippen molar-refractivity contribution >= 4 is 17.7 Å². The fourth-order valence-corrected chi connectivity index (χ4v) is 4.48. The summed E-state index contributed by atoms with van der Waals surface area (Å²) in [7, 11) is 3.39. The van der Waals surface area contributed by atoms with Gasteiger partial charge >= 0.3 is 0 Å². The van der Waals surface area contributed by atoms with E-state index in [0.717, 1.165) is 0 Å². The van der Waals surface area contributed by atoms with Gasteiger partial charge in [-0.3, -0.25) is 14.4 Å². The molecule has 0 N–H and O–H groups in total. The Labute approximate surface area is 162 Å². The lowest BCUT2D eigenvalue weighted by Gasteiger charge is -2.40. The first-order chi connectivity index (χ1) is 12.9. The van der Waals surface area contributed by atoms with Crippen LogP contribution >= 0.6 is 0 Å². The maximum atomic E-state index is 12.7. The lowest BCUT2D eigenvalue weighted by atomic mass is 9.87. The van der Waals surface area contributed by atoms with E-state index >= 15 is 0 Å². The van der Waals surface area contributed by atoms with Gasteiger partial charge < -0.3 is 19.4 Å². The van der Waals surface area contributed by atoms with Crippen molar-refractivity contribution < 1.29 is 19.1 Å². The number of carbonyl (C=O) groups excluding carboxylic acids is 3. The van der Waals surface area contributed by atoms with Crippen molar-refractivity contribution in [3.8, 4) is 0 Å². The standard InChI is InChI=1S/C20H33N3O4/c1-21(2)19(26)15-23-11-12-27-20(14-18(23)25)7-9-22(10-8-20)17(24)13-16-5-3-4-6-16/h16H,3-15H2,1-2H3. The number of hydrogen-bond acceptors (Lipinski definition) is 4. The molecular weight excluding hydrogens is 346 g/mol. The van der Waals surface area contributed by atoms with Crippen LogP contribution in [0.15, 0.2) is 0 Å². The van der Waals surface area contributed by atoms with E-state index in [0.29, 0.717) is 57.8 Å². The van der Waals surface area contributed by atoms with E-state index < -0.39 is 5.60 Å².